The first-order valence-electron chi connectivity index (χ1n) is 13.6. The molecular formula is C38H28N2. The summed E-state index contributed by atoms with van der Waals surface area (Å²) in [7, 11) is 0. The minimum atomic E-state index is 1.07. The third-order valence-electron chi connectivity index (χ3n) is 7.43. The molecule has 0 heterocycles. The van der Waals surface area contributed by atoms with Crippen molar-refractivity contribution in [3.05, 3.63) is 164 Å². The number of fused-ring (bicyclic) bond motifs is 2. The molecular weight excluding hydrogens is 484 g/mol. The number of nitrogens with one attached hydrogen (secondary N) is 1. The Bertz CT molecular complexity index is 1900. The fourth-order valence-corrected chi connectivity index (χ4v) is 5.45. The number of hydrogen-bond acceptors (Lipinski definition) is 2. The Morgan fingerprint density at radius 2 is 0.900 bits per heavy atom. The lowest BCUT2D eigenvalue weighted by Crippen LogP contribution is -2.10. The minimum Gasteiger partial charge on any atom is -0.355 e. The molecule has 0 radical (unpaired) electrons. The van der Waals surface area contributed by atoms with Crippen molar-refractivity contribution in [3.8, 4) is 11.1 Å². The molecule has 2 heteroatoms. The van der Waals surface area contributed by atoms with E-state index >= 15 is 0 Å². The van der Waals surface area contributed by atoms with Gasteiger partial charge in [-0.1, -0.05) is 115 Å². The lowest BCUT2D eigenvalue weighted by atomic mass is 10.0. The molecule has 0 spiro atoms. The van der Waals surface area contributed by atoms with E-state index in [0.29, 0.717) is 0 Å². The lowest BCUT2D eigenvalue weighted by molar-refractivity contribution is 1.30. The average Bonchev–Trinajstić information content (AvgIpc) is 3.03. The SMILES string of the molecule is c1ccc(N(c2ccc(-c3ccc(Nc4cccc5ccccc45)cc3)cc2)c2cccc3ccccc23)cc1. The zero-order valence-electron chi connectivity index (χ0n) is 22.0. The zero-order valence-corrected chi connectivity index (χ0v) is 22.0. The maximum absolute atomic E-state index is 3.59. The van der Waals surface area contributed by atoms with Gasteiger partial charge in [-0.05, 0) is 70.4 Å². The van der Waals surface area contributed by atoms with Gasteiger partial charge >= 0.3 is 0 Å². The number of benzene rings is 7. The van der Waals surface area contributed by atoms with Crippen molar-refractivity contribution in [2.75, 3.05) is 10.2 Å². The van der Waals surface area contributed by atoms with E-state index in [4.69, 9.17) is 0 Å². The first kappa shape index (κ1) is 23.8. The highest BCUT2D eigenvalue weighted by atomic mass is 15.1. The summed E-state index contributed by atoms with van der Waals surface area (Å²) < 4.78 is 0. The Balaban J connectivity index is 1.19. The number of hydrogen-bond donors (Lipinski definition) is 1. The topological polar surface area (TPSA) is 15.3 Å². The fourth-order valence-electron chi connectivity index (χ4n) is 5.45. The van der Waals surface area contributed by atoms with Gasteiger partial charge < -0.3 is 10.2 Å². The Morgan fingerprint density at radius 3 is 1.62 bits per heavy atom. The standard InChI is InChI=1S/C38H28N2/c1-2-14-33(15-3-1)40(38-19-9-13-31-11-5-7-17-36(31)38)34-26-22-29(23-27-34)28-20-24-32(25-21-28)39-37-18-8-12-30-10-4-6-16-35(30)37/h1-27,39H. The maximum atomic E-state index is 3.59. The molecule has 40 heavy (non-hydrogen) atoms. The van der Waals surface area contributed by atoms with Crippen LogP contribution < -0.4 is 10.2 Å². The average molecular weight is 513 g/mol. The van der Waals surface area contributed by atoms with Crippen LogP contribution in [0, 0.1) is 0 Å². The van der Waals surface area contributed by atoms with Gasteiger partial charge in [0.2, 0.25) is 0 Å². The second-order valence-electron chi connectivity index (χ2n) is 9.95. The van der Waals surface area contributed by atoms with Crippen molar-refractivity contribution < 1.29 is 0 Å². The molecule has 0 aliphatic heterocycles. The smallest absolute Gasteiger partial charge is 0.0540 e. The van der Waals surface area contributed by atoms with Crippen LogP contribution in [-0.2, 0) is 0 Å². The van der Waals surface area contributed by atoms with Gasteiger partial charge in [-0.2, -0.15) is 0 Å². The molecule has 0 aromatic heterocycles. The van der Waals surface area contributed by atoms with Crippen molar-refractivity contribution in [1.29, 1.82) is 0 Å². The zero-order chi connectivity index (χ0) is 26.7. The normalized spacial score (nSPS) is 11.0. The monoisotopic (exact) mass is 512 g/mol. The number of para-hydroxylation sites is 1. The molecule has 0 aliphatic rings. The minimum absolute atomic E-state index is 1.07. The van der Waals surface area contributed by atoms with Crippen molar-refractivity contribution in [2.45, 2.75) is 0 Å². The van der Waals surface area contributed by atoms with E-state index in [1.807, 2.05) is 0 Å². The molecule has 190 valence electrons. The molecule has 0 fully saturated rings. The van der Waals surface area contributed by atoms with E-state index in [-0.39, 0.29) is 0 Å². The van der Waals surface area contributed by atoms with Crippen LogP contribution >= 0.6 is 0 Å². The van der Waals surface area contributed by atoms with Gasteiger partial charge in [0.1, 0.15) is 0 Å². The summed E-state index contributed by atoms with van der Waals surface area (Å²) in [6.07, 6.45) is 0. The Kier molecular flexibility index (Phi) is 6.20. The summed E-state index contributed by atoms with van der Waals surface area (Å²) in [5, 5.41) is 8.51. The molecule has 0 aliphatic carbocycles. The van der Waals surface area contributed by atoms with Crippen molar-refractivity contribution in [1.82, 2.24) is 0 Å². The largest absolute Gasteiger partial charge is 0.355 e. The third-order valence-corrected chi connectivity index (χ3v) is 7.43. The molecule has 0 amide bonds. The fraction of sp³-hybridized carbons (Fsp3) is 0. The molecule has 7 aromatic carbocycles. The molecule has 1 N–H and O–H groups in total. The van der Waals surface area contributed by atoms with Gasteiger partial charge in [0.15, 0.2) is 0 Å². The molecule has 0 bridgehead atoms. The first-order chi connectivity index (χ1) is 19.8. The van der Waals surface area contributed by atoms with Crippen LogP contribution in [0.2, 0.25) is 0 Å². The summed E-state index contributed by atoms with van der Waals surface area (Å²) in [6.45, 7) is 0. The third kappa shape index (κ3) is 4.57. The summed E-state index contributed by atoms with van der Waals surface area (Å²) in [5.74, 6) is 0. The van der Waals surface area contributed by atoms with Crippen LogP contribution in [0.25, 0.3) is 32.7 Å². The predicted octanol–water partition coefficient (Wildman–Crippen LogP) is 10.9. The molecule has 0 atom stereocenters. The molecule has 7 aromatic rings. The van der Waals surface area contributed by atoms with Crippen LogP contribution in [0.4, 0.5) is 28.4 Å². The van der Waals surface area contributed by atoms with Crippen LogP contribution in [0.15, 0.2) is 164 Å². The van der Waals surface area contributed by atoms with Gasteiger partial charge in [-0.25, -0.2) is 0 Å². The van der Waals surface area contributed by atoms with Crippen LogP contribution in [0.1, 0.15) is 0 Å². The highest BCUT2D eigenvalue weighted by molar-refractivity contribution is 5.99. The summed E-state index contributed by atoms with van der Waals surface area (Å²) in [5.41, 5.74) is 7.99. The Labute approximate surface area is 234 Å². The van der Waals surface area contributed by atoms with Crippen molar-refractivity contribution in [3.63, 3.8) is 0 Å². The number of rotatable bonds is 6. The van der Waals surface area contributed by atoms with Gasteiger partial charge in [0.25, 0.3) is 0 Å². The second-order valence-corrected chi connectivity index (χ2v) is 9.95. The van der Waals surface area contributed by atoms with Crippen molar-refractivity contribution in [2.24, 2.45) is 0 Å². The van der Waals surface area contributed by atoms with E-state index < -0.39 is 0 Å². The van der Waals surface area contributed by atoms with Gasteiger partial charge in [0, 0.05) is 33.5 Å². The summed E-state index contributed by atoms with van der Waals surface area (Å²) >= 11 is 0. The van der Waals surface area contributed by atoms with Gasteiger partial charge in [0.05, 0.1) is 5.69 Å². The molecule has 0 unspecified atom stereocenters. The quantitative estimate of drug-likeness (QED) is 0.238. The Morgan fingerprint density at radius 1 is 0.375 bits per heavy atom. The summed E-state index contributed by atoms with van der Waals surface area (Å²) in [6, 6.07) is 58.0. The predicted molar refractivity (Wildman–Crippen MR) is 171 cm³/mol. The highest BCUT2D eigenvalue weighted by Crippen LogP contribution is 2.39. The molecule has 0 saturated heterocycles. The molecule has 0 saturated carbocycles. The molecule has 7 rings (SSSR count). The maximum Gasteiger partial charge on any atom is 0.0540 e. The second kappa shape index (κ2) is 10.4. The lowest BCUT2D eigenvalue weighted by Gasteiger charge is -2.27. The van der Waals surface area contributed by atoms with Gasteiger partial charge in [-0.15, -0.1) is 0 Å². The van der Waals surface area contributed by atoms with Crippen LogP contribution in [-0.4, -0.2) is 0 Å². The van der Waals surface area contributed by atoms with Crippen LogP contribution in [0.5, 0.6) is 0 Å². The Hall–Kier alpha value is -5.34. The van der Waals surface area contributed by atoms with E-state index in [0.717, 1.165) is 22.7 Å². The van der Waals surface area contributed by atoms with Crippen LogP contribution in [0.3, 0.4) is 0 Å². The van der Waals surface area contributed by atoms with E-state index in [1.165, 1.54) is 38.4 Å². The highest BCUT2D eigenvalue weighted by Gasteiger charge is 2.15. The number of nitrogens with zero attached hydrogens (tertiary/aromatic N) is 1. The van der Waals surface area contributed by atoms with E-state index in [1.54, 1.807) is 0 Å². The van der Waals surface area contributed by atoms with E-state index in [9.17, 15) is 0 Å². The number of anilines is 5. The van der Waals surface area contributed by atoms with E-state index in [2.05, 4.69) is 174 Å². The first-order valence-corrected chi connectivity index (χ1v) is 13.6. The van der Waals surface area contributed by atoms with Gasteiger partial charge in [-0.3, -0.25) is 0 Å². The van der Waals surface area contributed by atoms with Crippen molar-refractivity contribution >= 4 is 50.0 Å². The summed E-state index contributed by atoms with van der Waals surface area (Å²) in [4.78, 5) is 2.34. The molecule has 2 nitrogen and oxygen atoms in total.